The molecule has 1 heterocycles. The van der Waals surface area contributed by atoms with E-state index < -0.39 is 0 Å². The lowest BCUT2D eigenvalue weighted by molar-refractivity contribution is -0.115. The number of amides is 1. The average Bonchev–Trinajstić information content (AvgIpc) is 2.47. The van der Waals surface area contributed by atoms with Crippen molar-refractivity contribution in [3.05, 3.63) is 24.3 Å². The van der Waals surface area contributed by atoms with Crippen LogP contribution in [-0.2, 0) is 4.79 Å². The molecule has 0 aliphatic carbocycles. The van der Waals surface area contributed by atoms with Crippen LogP contribution in [-0.4, -0.2) is 37.0 Å². The molecule has 2 N–H and O–H groups in total. The van der Waals surface area contributed by atoms with E-state index in [1.54, 1.807) is 0 Å². The summed E-state index contributed by atoms with van der Waals surface area (Å²) in [6.45, 7) is 6.47. The number of likely N-dealkylation sites (tertiary alicyclic amines) is 1. The van der Waals surface area contributed by atoms with Crippen LogP contribution in [0.2, 0.25) is 0 Å². The smallest absolute Gasteiger partial charge is 0.224 e. The number of nitrogens with zero attached hydrogens (tertiary/aromatic N) is 1. The molecular formula is C17H27N3O. The fraction of sp³-hybridized carbons (Fsp3) is 0.588. The minimum Gasteiger partial charge on any atom is -0.382 e. The Kier molecular flexibility index (Phi) is 5.62. The van der Waals surface area contributed by atoms with Gasteiger partial charge in [-0.05, 0) is 57.5 Å². The topological polar surface area (TPSA) is 44.4 Å². The molecule has 4 nitrogen and oxygen atoms in total. The van der Waals surface area contributed by atoms with E-state index in [4.69, 9.17) is 0 Å². The van der Waals surface area contributed by atoms with Crippen LogP contribution in [0.4, 0.5) is 11.4 Å². The SMILES string of the molecule is CCC(=O)Nc1cccc(NC(C)C2CCCN(C)C2)c1. The zero-order valence-electron chi connectivity index (χ0n) is 13.4. The van der Waals surface area contributed by atoms with Gasteiger partial charge in [-0.2, -0.15) is 0 Å². The first kappa shape index (κ1) is 15.8. The van der Waals surface area contributed by atoms with Crippen molar-refractivity contribution in [3.8, 4) is 0 Å². The van der Waals surface area contributed by atoms with Crippen LogP contribution in [0.25, 0.3) is 0 Å². The monoisotopic (exact) mass is 289 g/mol. The van der Waals surface area contributed by atoms with Crippen LogP contribution in [0.1, 0.15) is 33.1 Å². The molecule has 2 rings (SSSR count). The van der Waals surface area contributed by atoms with E-state index >= 15 is 0 Å². The number of benzene rings is 1. The zero-order chi connectivity index (χ0) is 15.2. The van der Waals surface area contributed by atoms with Gasteiger partial charge in [0.1, 0.15) is 0 Å². The summed E-state index contributed by atoms with van der Waals surface area (Å²) in [4.78, 5) is 13.9. The molecule has 21 heavy (non-hydrogen) atoms. The summed E-state index contributed by atoms with van der Waals surface area (Å²) in [7, 11) is 2.19. The zero-order valence-corrected chi connectivity index (χ0v) is 13.4. The lowest BCUT2D eigenvalue weighted by atomic mass is 9.92. The summed E-state index contributed by atoms with van der Waals surface area (Å²) < 4.78 is 0. The minimum atomic E-state index is 0.0501. The standard InChI is InChI=1S/C17H27N3O/c1-4-17(21)19-16-9-5-8-15(11-16)18-13(2)14-7-6-10-20(3)12-14/h5,8-9,11,13-14,18H,4,6-7,10,12H2,1-3H3,(H,19,21). The second-order valence-corrected chi connectivity index (χ2v) is 6.08. The number of anilines is 2. The van der Waals surface area contributed by atoms with E-state index in [1.165, 1.54) is 19.4 Å². The van der Waals surface area contributed by atoms with Gasteiger partial charge in [-0.25, -0.2) is 0 Å². The quantitative estimate of drug-likeness (QED) is 0.875. The summed E-state index contributed by atoms with van der Waals surface area (Å²) in [5, 5.41) is 6.49. The lowest BCUT2D eigenvalue weighted by Gasteiger charge is -2.34. The third kappa shape index (κ3) is 4.74. The first-order valence-electron chi connectivity index (χ1n) is 7.93. The highest BCUT2D eigenvalue weighted by Gasteiger charge is 2.22. The highest BCUT2D eigenvalue weighted by atomic mass is 16.1. The van der Waals surface area contributed by atoms with Crippen molar-refractivity contribution >= 4 is 17.3 Å². The number of carbonyl (C=O) groups is 1. The van der Waals surface area contributed by atoms with Gasteiger partial charge in [0.15, 0.2) is 0 Å². The van der Waals surface area contributed by atoms with Crippen molar-refractivity contribution in [2.75, 3.05) is 30.8 Å². The second kappa shape index (κ2) is 7.46. The maximum Gasteiger partial charge on any atom is 0.224 e. The molecule has 1 amide bonds. The van der Waals surface area contributed by atoms with Gasteiger partial charge in [0.2, 0.25) is 5.91 Å². The van der Waals surface area contributed by atoms with E-state index in [2.05, 4.69) is 35.6 Å². The van der Waals surface area contributed by atoms with Crippen LogP contribution in [0.5, 0.6) is 0 Å². The molecule has 0 aromatic heterocycles. The maximum atomic E-state index is 11.5. The Morgan fingerprint density at radius 1 is 1.43 bits per heavy atom. The number of carbonyl (C=O) groups excluding carboxylic acids is 1. The van der Waals surface area contributed by atoms with Gasteiger partial charge < -0.3 is 15.5 Å². The highest BCUT2D eigenvalue weighted by Crippen LogP contribution is 2.23. The van der Waals surface area contributed by atoms with Crippen molar-refractivity contribution < 1.29 is 4.79 Å². The Labute approximate surface area is 127 Å². The molecule has 0 saturated carbocycles. The average molecular weight is 289 g/mol. The lowest BCUT2D eigenvalue weighted by Crippen LogP contribution is -2.39. The minimum absolute atomic E-state index is 0.0501. The maximum absolute atomic E-state index is 11.5. The molecule has 1 saturated heterocycles. The van der Waals surface area contributed by atoms with E-state index in [0.717, 1.165) is 17.9 Å². The van der Waals surface area contributed by atoms with E-state index in [9.17, 15) is 4.79 Å². The molecule has 0 bridgehead atoms. The third-order valence-electron chi connectivity index (χ3n) is 4.23. The van der Waals surface area contributed by atoms with E-state index in [-0.39, 0.29) is 5.91 Å². The van der Waals surface area contributed by atoms with Crippen molar-refractivity contribution in [2.45, 2.75) is 39.2 Å². The highest BCUT2D eigenvalue weighted by molar-refractivity contribution is 5.90. The Bertz CT molecular complexity index is 475. The Morgan fingerprint density at radius 3 is 2.90 bits per heavy atom. The van der Waals surface area contributed by atoms with Crippen LogP contribution >= 0.6 is 0 Å². The first-order valence-corrected chi connectivity index (χ1v) is 7.93. The number of hydrogen-bond acceptors (Lipinski definition) is 3. The van der Waals surface area contributed by atoms with Crippen molar-refractivity contribution in [2.24, 2.45) is 5.92 Å². The number of nitrogens with one attached hydrogen (secondary N) is 2. The van der Waals surface area contributed by atoms with Gasteiger partial charge in [-0.15, -0.1) is 0 Å². The summed E-state index contributed by atoms with van der Waals surface area (Å²) >= 11 is 0. The van der Waals surface area contributed by atoms with Gasteiger partial charge in [-0.1, -0.05) is 13.0 Å². The van der Waals surface area contributed by atoms with Crippen molar-refractivity contribution in [1.82, 2.24) is 4.90 Å². The molecule has 2 atom stereocenters. The summed E-state index contributed by atoms with van der Waals surface area (Å²) in [5.41, 5.74) is 1.93. The Morgan fingerprint density at radius 2 is 2.19 bits per heavy atom. The largest absolute Gasteiger partial charge is 0.382 e. The Hall–Kier alpha value is -1.55. The normalized spacial score (nSPS) is 20.8. The molecule has 1 aromatic rings. The molecule has 1 aliphatic rings. The summed E-state index contributed by atoms with van der Waals surface area (Å²) in [5.74, 6) is 0.728. The molecule has 1 aromatic carbocycles. The molecule has 0 radical (unpaired) electrons. The van der Waals surface area contributed by atoms with Gasteiger partial charge in [0.25, 0.3) is 0 Å². The molecular weight excluding hydrogens is 262 g/mol. The number of rotatable bonds is 5. The predicted molar refractivity (Wildman–Crippen MR) is 88.7 cm³/mol. The molecule has 2 unspecified atom stereocenters. The van der Waals surface area contributed by atoms with Crippen molar-refractivity contribution in [3.63, 3.8) is 0 Å². The van der Waals surface area contributed by atoms with E-state index in [1.807, 2.05) is 25.1 Å². The number of hydrogen-bond donors (Lipinski definition) is 2. The number of piperidine rings is 1. The van der Waals surface area contributed by atoms with Gasteiger partial charge >= 0.3 is 0 Å². The Balaban J connectivity index is 1.95. The van der Waals surface area contributed by atoms with Crippen LogP contribution in [0.15, 0.2) is 24.3 Å². The van der Waals surface area contributed by atoms with Gasteiger partial charge in [-0.3, -0.25) is 4.79 Å². The van der Waals surface area contributed by atoms with Gasteiger partial charge in [0, 0.05) is 30.4 Å². The fourth-order valence-corrected chi connectivity index (χ4v) is 2.93. The summed E-state index contributed by atoms with van der Waals surface area (Å²) in [6, 6.07) is 8.41. The van der Waals surface area contributed by atoms with Crippen LogP contribution in [0.3, 0.4) is 0 Å². The third-order valence-corrected chi connectivity index (χ3v) is 4.23. The van der Waals surface area contributed by atoms with Crippen LogP contribution in [0, 0.1) is 5.92 Å². The van der Waals surface area contributed by atoms with Gasteiger partial charge in [0.05, 0.1) is 0 Å². The molecule has 116 valence electrons. The molecule has 4 heteroatoms. The second-order valence-electron chi connectivity index (χ2n) is 6.08. The molecule has 1 aliphatic heterocycles. The summed E-state index contributed by atoms with van der Waals surface area (Å²) in [6.07, 6.45) is 3.06. The van der Waals surface area contributed by atoms with Crippen molar-refractivity contribution in [1.29, 1.82) is 0 Å². The molecule has 1 fully saturated rings. The first-order chi connectivity index (χ1) is 10.1. The fourth-order valence-electron chi connectivity index (χ4n) is 2.93. The van der Waals surface area contributed by atoms with Crippen LogP contribution < -0.4 is 10.6 Å². The predicted octanol–water partition coefficient (Wildman–Crippen LogP) is 3.18. The van der Waals surface area contributed by atoms with E-state index in [0.29, 0.717) is 18.4 Å². The molecule has 0 spiro atoms.